The highest BCUT2D eigenvalue weighted by Crippen LogP contribution is 2.31. The molecule has 1 spiro atoms. The van der Waals surface area contributed by atoms with Gasteiger partial charge in [-0.15, -0.1) is 11.3 Å². The molecule has 12 heteroatoms. The molecule has 180 valence electrons. The second-order valence-corrected chi connectivity index (χ2v) is 8.91. The van der Waals surface area contributed by atoms with E-state index < -0.39 is 12.1 Å². The van der Waals surface area contributed by atoms with Gasteiger partial charge in [0.25, 0.3) is 5.91 Å². The Kier molecular flexibility index (Phi) is 8.03. The number of ether oxygens (including phenoxy) is 1. The number of aliphatic carboxylic acids is 1. The zero-order valence-electron chi connectivity index (χ0n) is 18.0. The van der Waals surface area contributed by atoms with Crippen LogP contribution in [0.25, 0.3) is 0 Å². The monoisotopic (exact) mass is 486 g/mol. The number of pyridine rings is 1. The Morgan fingerprint density at radius 3 is 2.52 bits per heavy atom. The zero-order chi connectivity index (χ0) is 24.1. The molecular weight excluding hydrogens is 461 g/mol. The minimum Gasteiger partial charge on any atom is -0.475 e. The van der Waals surface area contributed by atoms with Crippen LogP contribution >= 0.6 is 11.3 Å². The second-order valence-electron chi connectivity index (χ2n) is 7.93. The third-order valence-corrected chi connectivity index (χ3v) is 6.25. The molecule has 1 N–H and O–H groups in total. The average Bonchev–Trinajstić information content (AvgIpc) is 3.27. The van der Waals surface area contributed by atoms with Gasteiger partial charge in [-0.1, -0.05) is 6.07 Å². The Morgan fingerprint density at radius 2 is 1.94 bits per heavy atom. The first-order chi connectivity index (χ1) is 15.6. The number of hydrogen-bond donors (Lipinski definition) is 1. The minimum atomic E-state index is -5.08. The first kappa shape index (κ1) is 25.1. The quantitative estimate of drug-likeness (QED) is 0.713. The molecule has 4 heterocycles. The van der Waals surface area contributed by atoms with Crippen molar-refractivity contribution in [2.24, 2.45) is 0 Å². The maximum atomic E-state index is 12.7. The van der Waals surface area contributed by atoms with Gasteiger partial charge in [0.1, 0.15) is 10.7 Å². The number of alkyl halides is 3. The van der Waals surface area contributed by atoms with E-state index in [-0.39, 0.29) is 11.5 Å². The van der Waals surface area contributed by atoms with Crippen molar-refractivity contribution in [3.8, 4) is 0 Å². The number of carboxylic acids is 1. The van der Waals surface area contributed by atoms with Crippen molar-refractivity contribution in [3.63, 3.8) is 0 Å². The van der Waals surface area contributed by atoms with Gasteiger partial charge in [0.05, 0.1) is 18.8 Å². The van der Waals surface area contributed by atoms with Crippen molar-refractivity contribution in [2.45, 2.75) is 38.1 Å². The molecule has 8 nitrogen and oxygen atoms in total. The molecule has 2 aromatic heterocycles. The molecule has 0 aliphatic carbocycles. The van der Waals surface area contributed by atoms with Crippen molar-refractivity contribution in [1.82, 2.24) is 19.8 Å². The highest BCUT2D eigenvalue weighted by atomic mass is 32.1. The van der Waals surface area contributed by atoms with Crippen molar-refractivity contribution in [2.75, 3.05) is 32.8 Å². The van der Waals surface area contributed by atoms with E-state index in [1.807, 2.05) is 35.5 Å². The van der Waals surface area contributed by atoms with Crippen molar-refractivity contribution < 1.29 is 32.6 Å². The van der Waals surface area contributed by atoms with E-state index in [2.05, 4.69) is 14.9 Å². The third kappa shape index (κ3) is 6.95. The van der Waals surface area contributed by atoms with E-state index in [0.717, 1.165) is 62.9 Å². The fraction of sp³-hybridized carbons (Fsp3) is 0.524. The van der Waals surface area contributed by atoms with E-state index in [9.17, 15) is 18.0 Å². The highest BCUT2D eigenvalue weighted by Gasteiger charge is 2.41. The number of hydrogen-bond acceptors (Lipinski definition) is 7. The number of aryl methyl sites for hydroxylation is 1. The predicted molar refractivity (Wildman–Crippen MR) is 114 cm³/mol. The number of aromatic nitrogens is 2. The number of carbonyl (C=O) groups excluding carboxylic acids is 1. The summed E-state index contributed by atoms with van der Waals surface area (Å²) in [6.07, 6.45) is -1.47. The van der Waals surface area contributed by atoms with E-state index in [4.69, 9.17) is 14.6 Å². The van der Waals surface area contributed by atoms with E-state index in [1.165, 1.54) is 0 Å². The predicted octanol–water partition coefficient (Wildman–Crippen LogP) is 2.99. The molecule has 2 aromatic rings. The topological polar surface area (TPSA) is 95.9 Å². The van der Waals surface area contributed by atoms with Crippen LogP contribution in [0.4, 0.5) is 13.2 Å². The molecule has 1 amide bonds. The Morgan fingerprint density at radius 1 is 1.24 bits per heavy atom. The van der Waals surface area contributed by atoms with Gasteiger partial charge in [0, 0.05) is 43.4 Å². The maximum Gasteiger partial charge on any atom is 0.490 e. The SMILES string of the molecule is Cc1cccc(C(=O)N2CCC3(CC2)CN(Cc2nccs2)CCO3)n1.O=C(O)C(F)(F)F. The molecule has 2 fully saturated rings. The highest BCUT2D eigenvalue weighted by molar-refractivity contribution is 7.09. The Bertz CT molecular complexity index is 947. The number of nitrogens with zero attached hydrogens (tertiary/aromatic N) is 4. The summed E-state index contributed by atoms with van der Waals surface area (Å²) in [5.41, 5.74) is 1.28. The molecule has 0 bridgehead atoms. The lowest BCUT2D eigenvalue weighted by Gasteiger charge is -2.47. The lowest BCUT2D eigenvalue weighted by molar-refractivity contribution is -0.192. The van der Waals surface area contributed by atoms with Crippen LogP contribution in [0, 0.1) is 6.92 Å². The normalized spacial score (nSPS) is 18.5. The summed E-state index contributed by atoms with van der Waals surface area (Å²) in [7, 11) is 0. The van der Waals surface area contributed by atoms with Gasteiger partial charge in [-0.3, -0.25) is 9.69 Å². The van der Waals surface area contributed by atoms with Gasteiger partial charge in [-0.2, -0.15) is 13.2 Å². The van der Waals surface area contributed by atoms with Crippen molar-refractivity contribution in [1.29, 1.82) is 0 Å². The molecule has 2 aliphatic heterocycles. The van der Waals surface area contributed by atoms with Crippen molar-refractivity contribution in [3.05, 3.63) is 46.2 Å². The summed E-state index contributed by atoms with van der Waals surface area (Å²) in [6, 6.07) is 5.60. The van der Waals surface area contributed by atoms with Gasteiger partial charge >= 0.3 is 12.1 Å². The molecule has 4 rings (SSSR count). The molecule has 0 saturated carbocycles. The Balaban J connectivity index is 0.000000383. The summed E-state index contributed by atoms with van der Waals surface area (Å²) in [4.78, 5) is 34.7. The van der Waals surface area contributed by atoms with Gasteiger partial charge in [-0.05, 0) is 31.9 Å². The minimum absolute atomic E-state index is 0.0269. The Hall–Kier alpha value is -2.57. The number of carboxylic acid groups (broad SMARTS) is 1. The van der Waals surface area contributed by atoms with Crippen molar-refractivity contribution >= 4 is 23.2 Å². The van der Waals surface area contributed by atoms with Gasteiger partial charge in [-0.25, -0.2) is 14.8 Å². The first-order valence-electron chi connectivity index (χ1n) is 10.4. The van der Waals surface area contributed by atoms with E-state index >= 15 is 0 Å². The molecule has 2 aliphatic rings. The summed E-state index contributed by atoms with van der Waals surface area (Å²) in [5, 5.41) is 10.3. The largest absolute Gasteiger partial charge is 0.490 e. The number of morpholine rings is 1. The van der Waals surface area contributed by atoms with Crippen LogP contribution in [0.2, 0.25) is 0 Å². The van der Waals surface area contributed by atoms with Crippen LogP contribution in [0.3, 0.4) is 0 Å². The van der Waals surface area contributed by atoms with Crippen LogP contribution in [-0.4, -0.2) is 81.3 Å². The fourth-order valence-corrected chi connectivity index (χ4v) is 4.48. The maximum absolute atomic E-state index is 12.7. The fourth-order valence-electron chi connectivity index (χ4n) is 3.82. The number of halogens is 3. The third-order valence-electron chi connectivity index (χ3n) is 5.48. The van der Waals surface area contributed by atoms with Crippen LogP contribution in [0.15, 0.2) is 29.8 Å². The van der Waals surface area contributed by atoms with Gasteiger partial charge in [0.15, 0.2) is 0 Å². The lowest BCUT2D eigenvalue weighted by Crippen LogP contribution is -2.57. The van der Waals surface area contributed by atoms with E-state index in [1.54, 1.807) is 17.4 Å². The molecule has 2 saturated heterocycles. The molecule has 33 heavy (non-hydrogen) atoms. The molecular formula is C21H25F3N4O4S. The number of thiazole rings is 1. The zero-order valence-corrected chi connectivity index (χ0v) is 18.9. The number of rotatable bonds is 3. The van der Waals surface area contributed by atoms with Crippen LogP contribution in [0.5, 0.6) is 0 Å². The summed E-state index contributed by atoms with van der Waals surface area (Å²) >= 11 is 1.70. The van der Waals surface area contributed by atoms with Crippen LogP contribution in [0.1, 0.15) is 34.0 Å². The van der Waals surface area contributed by atoms with Crippen LogP contribution in [-0.2, 0) is 16.1 Å². The van der Waals surface area contributed by atoms with E-state index in [0.29, 0.717) is 5.69 Å². The second kappa shape index (κ2) is 10.6. The standard InChI is InChI=1S/C19H24N4O2S.C2HF3O2/c1-15-3-2-4-16(21-15)18(24)23-8-5-19(6-9-23)14-22(10-11-25-19)13-17-20-7-12-26-17;3-2(4,5)1(6)7/h2-4,7,12H,5-6,8-11,13-14H2,1H3;(H,6,7). The van der Waals surface area contributed by atoms with Crippen LogP contribution < -0.4 is 0 Å². The summed E-state index contributed by atoms with van der Waals surface area (Å²) in [5.74, 6) is -2.73. The lowest BCUT2D eigenvalue weighted by atomic mass is 9.89. The molecule has 0 unspecified atom stereocenters. The number of likely N-dealkylation sites (tertiary alicyclic amines) is 1. The Labute approximate surface area is 193 Å². The first-order valence-corrected chi connectivity index (χ1v) is 11.2. The number of amides is 1. The molecule has 0 atom stereocenters. The molecule has 0 aromatic carbocycles. The summed E-state index contributed by atoms with van der Waals surface area (Å²) in [6.45, 7) is 6.85. The smallest absolute Gasteiger partial charge is 0.475 e. The molecule has 0 radical (unpaired) electrons. The number of carbonyl (C=O) groups is 2. The average molecular weight is 487 g/mol. The van der Waals surface area contributed by atoms with Gasteiger partial charge in [0.2, 0.25) is 0 Å². The van der Waals surface area contributed by atoms with Gasteiger partial charge < -0.3 is 14.7 Å². The number of piperidine rings is 1. The summed E-state index contributed by atoms with van der Waals surface area (Å²) < 4.78 is 37.9.